The highest BCUT2D eigenvalue weighted by atomic mass is 35.5. The van der Waals surface area contributed by atoms with Gasteiger partial charge in [-0.25, -0.2) is 0 Å². The predicted octanol–water partition coefficient (Wildman–Crippen LogP) is 4.15. The number of hydrogen-bond donors (Lipinski definition) is 1. The zero-order valence-electron chi connectivity index (χ0n) is 16.0. The number of carbonyl (C=O) groups is 3. The summed E-state index contributed by atoms with van der Waals surface area (Å²) in [5.41, 5.74) is 3.08. The predicted molar refractivity (Wildman–Crippen MR) is 112 cm³/mol. The third-order valence-corrected chi connectivity index (χ3v) is 5.56. The van der Waals surface area contributed by atoms with Crippen LogP contribution < -0.4 is 10.2 Å². The summed E-state index contributed by atoms with van der Waals surface area (Å²) in [6.07, 6.45) is 0.0499. The smallest absolute Gasteiger partial charge is 0.311 e. The molecule has 8 heteroatoms. The standard InChI is InChI=1S/C21H20Cl2N2O4/c1-12-5-3-6-13(2)20(12)25-10-14(9-18(25)27)21(28)29-11-17(26)24-16-8-4-7-15(22)19(16)23/h3-8,14H,9-11H2,1-2H3,(H,24,26)/t14-/m0/s1. The Hall–Kier alpha value is -2.57. The number of anilines is 2. The number of esters is 1. The highest BCUT2D eigenvalue weighted by Gasteiger charge is 2.37. The minimum absolute atomic E-state index is 0.0499. The van der Waals surface area contributed by atoms with Gasteiger partial charge in [-0.3, -0.25) is 14.4 Å². The number of benzene rings is 2. The summed E-state index contributed by atoms with van der Waals surface area (Å²) in [6, 6.07) is 10.6. The van der Waals surface area contributed by atoms with Crippen LogP contribution in [0.1, 0.15) is 17.5 Å². The first-order valence-corrected chi connectivity index (χ1v) is 9.80. The van der Waals surface area contributed by atoms with Crippen LogP contribution in [0.3, 0.4) is 0 Å². The van der Waals surface area contributed by atoms with E-state index < -0.39 is 24.4 Å². The molecule has 0 radical (unpaired) electrons. The van der Waals surface area contributed by atoms with Crippen molar-refractivity contribution in [2.24, 2.45) is 5.92 Å². The number of amides is 2. The van der Waals surface area contributed by atoms with Gasteiger partial charge in [0.05, 0.1) is 21.7 Å². The lowest BCUT2D eigenvalue weighted by Gasteiger charge is -2.21. The maximum atomic E-state index is 12.5. The van der Waals surface area contributed by atoms with Crippen LogP contribution in [0.25, 0.3) is 0 Å². The molecular formula is C21H20Cl2N2O4. The maximum absolute atomic E-state index is 12.5. The lowest BCUT2D eigenvalue weighted by atomic mass is 10.1. The van der Waals surface area contributed by atoms with Gasteiger partial charge < -0.3 is 15.0 Å². The topological polar surface area (TPSA) is 75.7 Å². The molecule has 152 valence electrons. The molecule has 1 saturated heterocycles. The second kappa shape index (κ2) is 8.84. The van der Waals surface area contributed by atoms with Crippen molar-refractivity contribution in [1.82, 2.24) is 0 Å². The molecule has 1 fully saturated rings. The van der Waals surface area contributed by atoms with E-state index in [0.29, 0.717) is 10.7 Å². The number of para-hydroxylation sites is 1. The van der Waals surface area contributed by atoms with Crippen molar-refractivity contribution in [3.05, 3.63) is 57.6 Å². The highest BCUT2D eigenvalue weighted by molar-refractivity contribution is 6.44. The Morgan fingerprint density at radius 2 is 1.79 bits per heavy atom. The number of aryl methyl sites for hydroxylation is 2. The Bertz CT molecular complexity index is 957. The third-order valence-electron chi connectivity index (χ3n) is 4.74. The molecule has 1 heterocycles. The lowest BCUT2D eigenvalue weighted by Crippen LogP contribution is -2.29. The molecule has 2 aromatic carbocycles. The average Bonchev–Trinajstić information content (AvgIpc) is 3.05. The van der Waals surface area contributed by atoms with Crippen LogP contribution in [0, 0.1) is 19.8 Å². The third kappa shape index (κ3) is 4.71. The van der Waals surface area contributed by atoms with E-state index in [1.165, 1.54) is 0 Å². The number of nitrogens with one attached hydrogen (secondary N) is 1. The van der Waals surface area contributed by atoms with Gasteiger partial charge in [0, 0.05) is 18.7 Å². The maximum Gasteiger partial charge on any atom is 0.311 e. The van der Waals surface area contributed by atoms with Crippen LogP contribution in [0.4, 0.5) is 11.4 Å². The highest BCUT2D eigenvalue weighted by Crippen LogP contribution is 2.31. The Morgan fingerprint density at radius 3 is 2.48 bits per heavy atom. The summed E-state index contributed by atoms with van der Waals surface area (Å²) in [4.78, 5) is 38.5. The molecule has 29 heavy (non-hydrogen) atoms. The normalized spacial score (nSPS) is 16.1. The van der Waals surface area contributed by atoms with Crippen LogP contribution in [0.15, 0.2) is 36.4 Å². The minimum Gasteiger partial charge on any atom is -0.455 e. The molecule has 2 aromatic rings. The van der Waals surface area contributed by atoms with Crippen molar-refractivity contribution in [2.75, 3.05) is 23.4 Å². The van der Waals surface area contributed by atoms with Crippen molar-refractivity contribution < 1.29 is 19.1 Å². The molecule has 6 nitrogen and oxygen atoms in total. The Balaban J connectivity index is 1.58. The van der Waals surface area contributed by atoms with Gasteiger partial charge in [0.15, 0.2) is 6.61 Å². The largest absolute Gasteiger partial charge is 0.455 e. The quantitative estimate of drug-likeness (QED) is 0.717. The van der Waals surface area contributed by atoms with Crippen molar-refractivity contribution >= 4 is 52.4 Å². The fraction of sp³-hybridized carbons (Fsp3) is 0.286. The first-order chi connectivity index (χ1) is 13.8. The molecule has 1 aliphatic rings. The number of hydrogen-bond acceptors (Lipinski definition) is 4. The monoisotopic (exact) mass is 434 g/mol. The molecule has 0 saturated carbocycles. The molecule has 1 atom stereocenters. The molecule has 0 spiro atoms. The van der Waals surface area contributed by atoms with E-state index in [-0.39, 0.29) is 23.9 Å². The zero-order valence-corrected chi connectivity index (χ0v) is 17.5. The number of halogens is 2. The summed E-state index contributed by atoms with van der Waals surface area (Å²) in [6.45, 7) is 3.60. The van der Waals surface area contributed by atoms with Crippen molar-refractivity contribution in [3.8, 4) is 0 Å². The first-order valence-electron chi connectivity index (χ1n) is 9.05. The van der Waals surface area contributed by atoms with Gasteiger partial charge in [0.1, 0.15) is 0 Å². The van der Waals surface area contributed by atoms with E-state index in [0.717, 1.165) is 16.8 Å². The number of ether oxygens (including phenoxy) is 1. The van der Waals surface area contributed by atoms with Gasteiger partial charge in [-0.1, -0.05) is 47.5 Å². The molecule has 0 aliphatic carbocycles. The Morgan fingerprint density at radius 1 is 1.14 bits per heavy atom. The van der Waals surface area contributed by atoms with E-state index in [4.69, 9.17) is 27.9 Å². The molecule has 2 amide bonds. The van der Waals surface area contributed by atoms with Crippen LogP contribution in [-0.2, 0) is 19.1 Å². The van der Waals surface area contributed by atoms with Gasteiger partial charge in [0.2, 0.25) is 5.91 Å². The SMILES string of the molecule is Cc1cccc(C)c1N1C[C@@H](C(=O)OCC(=O)Nc2cccc(Cl)c2Cl)CC1=O. The van der Waals surface area contributed by atoms with Gasteiger partial charge >= 0.3 is 5.97 Å². The molecule has 1 aliphatic heterocycles. The van der Waals surface area contributed by atoms with Gasteiger partial charge in [-0.2, -0.15) is 0 Å². The number of rotatable bonds is 5. The summed E-state index contributed by atoms with van der Waals surface area (Å²) in [5, 5.41) is 3.06. The second-order valence-electron chi connectivity index (χ2n) is 6.90. The number of carbonyl (C=O) groups excluding carboxylic acids is 3. The van der Waals surface area contributed by atoms with Gasteiger partial charge in [0.25, 0.3) is 5.91 Å². The molecule has 0 aromatic heterocycles. The van der Waals surface area contributed by atoms with E-state index in [9.17, 15) is 14.4 Å². The second-order valence-corrected chi connectivity index (χ2v) is 7.69. The summed E-state index contributed by atoms with van der Waals surface area (Å²) < 4.78 is 5.12. The van der Waals surface area contributed by atoms with Crippen LogP contribution in [-0.4, -0.2) is 30.9 Å². The lowest BCUT2D eigenvalue weighted by molar-refractivity contribution is -0.151. The molecule has 1 N–H and O–H groups in total. The Kier molecular flexibility index (Phi) is 6.45. The average molecular weight is 435 g/mol. The van der Waals surface area contributed by atoms with Crippen molar-refractivity contribution in [2.45, 2.75) is 20.3 Å². The fourth-order valence-electron chi connectivity index (χ4n) is 3.35. The fourth-order valence-corrected chi connectivity index (χ4v) is 3.70. The van der Waals surface area contributed by atoms with Crippen LogP contribution in [0.2, 0.25) is 10.0 Å². The van der Waals surface area contributed by atoms with E-state index in [1.54, 1.807) is 23.1 Å². The van der Waals surface area contributed by atoms with Crippen LogP contribution in [0.5, 0.6) is 0 Å². The van der Waals surface area contributed by atoms with Crippen molar-refractivity contribution in [1.29, 1.82) is 0 Å². The minimum atomic E-state index is -0.621. The summed E-state index contributed by atoms with van der Waals surface area (Å²) in [5.74, 6) is -1.89. The molecule has 0 unspecified atom stereocenters. The molecule has 3 rings (SSSR count). The molecule has 0 bridgehead atoms. The van der Waals surface area contributed by atoms with E-state index >= 15 is 0 Å². The summed E-state index contributed by atoms with van der Waals surface area (Å²) >= 11 is 11.9. The van der Waals surface area contributed by atoms with E-state index in [2.05, 4.69) is 5.32 Å². The van der Waals surface area contributed by atoms with Crippen molar-refractivity contribution in [3.63, 3.8) is 0 Å². The number of nitrogens with zero attached hydrogens (tertiary/aromatic N) is 1. The van der Waals surface area contributed by atoms with Gasteiger partial charge in [-0.05, 0) is 37.1 Å². The first kappa shape index (κ1) is 21.1. The molecular weight excluding hydrogens is 415 g/mol. The van der Waals surface area contributed by atoms with E-state index in [1.807, 2.05) is 32.0 Å². The zero-order chi connectivity index (χ0) is 21.1. The Labute approximate surface area is 178 Å². The van der Waals surface area contributed by atoms with Crippen LogP contribution >= 0.6 is 23.2 Å². The van der Waals surface area contributed by atoms with Gasteiger partial charge in [-0.15, -0.1) is 0 Å². The summed E-state index contributed by atoms with van der Waals surface area (Å²) in [7, 11) is 0.